The molecule has 0 bridgehead atoms. The molecule has 3 aromatic rings. The first kappa shape index (κ1) is 23.5. The first-order valence-electron chi connectivity index (χ1n) is 7.88. The van der Waals surface area contributed by atoms with Gasteiger partial charge in [-0.15, -0.1) is 11.3 Å². The Morgan fingerprint density at radius 3 is 2.31 bits per heavy atom. The van der Waals surface area contributed by atoms with Gasteiger partial charge in [-0.05, 0) is 114 Å². The van der Waals surface area contributed by atoms with Crippen molar-refractivity contribution < 1.29 is 19.4 Å². The fourth-order valence-electron chi connectivity index (χ4n) is 2.60. The maximum absolute atomic E-state index is 13.0. The van der Waals surface area contributed by atoms with E-state index in [4.69, 9.17) is 4.74 Å². The number of hydrogen-bond acceptors (Lipinski definition) is 4. The van der Waals surface area contributed by atoms with E-state index >= 15 is 0 Å². The second-order valence-electron chi connectivity index (χ2n) is 5.69. The van der Waals surface area contributed by atoms with E-state index in [0.29, 0.717) is 10.4 Å². The van der Waals surface area contributed by atoms with Crippen molar-refractivity contribution in [2.24, 2.45) is 0 Å². The lowest BCUT2D eigenvalue weighted by Crippen LogP contribution is -2.16. The van der Waals surface area contributed by atoms with Crippen molar-refractivity contribution in [2.75, 3.05) is 12.4 Å². The van der Waals surface area contributed by atoms with Crippen LogP contribution in [0.25, 0.3) is 10.4 Å². The van der Waals surface area contributed by atoms with Crippen LogP contribution in [0.2, 0.25) is 0 Å². The fourth-order valence-corrected chi connectivity index (χ4v) is 6.72. The molecule has 2 N–H and O–H groups in total. The van der Waals surface area contributed by atoms with Crippen molar-refractivity contribution >= 4 is 119 Å². The summed E-state index contributed by atoms with van der Waals surface area (Å²) in [6, 6.07) is 9.34. The molecule has 0 spiro atoms. The Bertz CT molecular complexity index is 1110. The number of aromatic carboxylic acids is 1. The maximum Gasteiger partial charge on any atom is 0.339 e. The summed E-state index contributed by atoms with van der Waals surface area (Å²) >= 11 is 9.86. The van der Waals surface area contributed by atoms with Crippen LogP contribution in [0.4, 0.5) is 5.69 Å². The Balaban J connectivity index is 2.00. The molecule has 1 heterocycles. The van der Waals surface area contributed by atoms with Gasteiger partial charge in [0.25, 0.3) is 5.91 Å². The number of hydrogen-bond donors (Lipinski definition) is 2. The molecule has 10 heteroatoms. The molecule has 0 aliphatic rings. The highest BCUT2D eigenvalue weighted by Crippen LogP contribution is 2.38. The van der Waals surface area contributed by atoms with Gasteiger partial charge < -0.3 is 15.2 Å². The second-order valence-corrected chi connectivity index (χ2v) is 11.1. The van der Waals surface area contributed by atoms with Gasteiger partial charge in [0.2, 0.25) is 0 Å². The lowest BCUT2D eigenvalue weighted by atomic mass is 10.1. The summed E-state index contributed by atoms with van der Waals surface area (Å²) in [5.74, 6) is -0.721. The predicted octanol–water partition coefficient (Wildman–Crippen LogP) is 6.79. The van der Waals surface area contributed by atoms with Crippen molar-refractivity contribution in [1.82, 2.24) is 0 Å². The number of rotatable bonds is 5. The first-order valence-corrected chi connectivity index (χ1v) is 13.1. The van der Waals surface area contributed by atoms with Crippen LogP contribution in [-0.2, 0) is 0 Å². The van der Waals surface area contributed by atoms with Crippen LogP contribution in [0, 0.1) is 14.3 Å². The molecule has 0 atom stereocenters. The minimum atomic E-state index is -1.08. The molecule has 3 rings (SSSR count). The normalized spacial score (nSPS) is 10.7. The fraction of sp³-hybridized carbons (Fsp3) is 0.0526. The number of anilines is 1. The minimum Gasteiger partial charge on any atom is -0.494 e. The Kier molecular flexibility index (Phi) is 8.05. The van der Waals surface area contributed by atoms with Crippen LogP contribution in [0.15, 0.2) is 35.7 Å². The van der Waals surface area contributed by atoms with Gasteiger partial charge in [0.1, 0.15) is 11.3 Å². The molecule has 0 aliphatic heterocycles. The Morgan fingerprint density at radius 1 is 1.07 bits per heavy atom. The molecule has 1 aromatic heterocycles. The summed E-state index contributed by atoms with van der Waals surface area (Å²) in [4.78, 5) is 25.5. The van der Waals surface area contributed by atoms with E-state index in [2.05, 4.69) is 95.7 Å². The zero-order valence-electron chi connectivity index (χ0n) is 14.6. The van der Waals surface area contributed by atoms with Crippen molar-refractivity contribution in [3.63, 3.8) is 0 Å². The van der Waals surface area contributed by atoms with E-state index < -0.39 is 5.97 Å². The van der Waals surface area contributed by atoms with Crippen molar-refractivity contribution in [3.05, 3.63) is 61.1 Å². The number of carbonyl (C=O) groups excluding carboxylic acids is 1. The molecule has 150 valence electrons. The van der Waals surface area contributed by atoms with E-state index in [1.165, 1.54) is 11.3 Å². The molecule has 0 unspecified atom stereocenters. The van der Waals surface area contributed by atoms with Gasteiger partial charge in [0, 0.05) is 12.5 Å². The highest BCUT2D eigenvalue weighted by Gasteiger charge is 2.24. The highest BCUT2D eigenvalue weighted by atomic mass is 127. The van der Waals surface area contributed by atoms with E-state index in [9.17, 15) is 14.7 Å². The zero-order chi connectivity index (χ0) is 21.3. The molecule has 0 fully saturated rings. The van der Waals surface area contributed by atoms with Gasteiger partial charge >= 0.3 is 5.97 Å². The van der Waals surface area contributed by atoms with Crippen molar-refractivity contribution in [2.45, 2.75) is 0 Å². The second kappa shape index (κ2) is 9.95. The molecule has 0 saturated carbocycles. The molecule has 0 radical (unpaired) electrons. The molecule has 0 aliphatic carbocycles. The lowest BCUT2D eigenvalue weighted by molar-refractivity contribution is 0.0699. The van der Waals surface area contributed by atoms with Crippen LogP contribution in [0.1, 0.15) is 20.7 Å². The van der Waals surface area contributed by atoms with E-state index in [1.54, 1.807) is 18.6 Å². The van der Waals surface area contributed by atoms with Gasteiger partial charge in [-0.2, -0.15) is 0 Å². The largest absolute Gasteiger partial charge is 0.494 e. The van der Waals surface area contributed by atoms with Gasteiger partial charge in [0.15, 0.2) is 0 Å². The summed E-state index contributed by atoms with van der Waals surface area (Å²) in [5, 5.41) is 14.2. The topological polar surface area (TPSA) is 75.6 Å². The first-order chi connectivity index (χ1) is 13.7. The molecular formula is C19H11I4NO4S. The SMILES string of the molecule is COc1c(I)cc(C(=O)Nc2csc(-c3ccc(I)cc3)c2C(=O)O)c(I)c1I. The summed E-state index contributed by atoms with van der Waals surface area (Å²) in [5.41, 5.74) is 1.66. The number of methoxy groups -OCH3 is 1. The standard InChI is InChI=1S/C19H11I4NO4S/c1-28-16-11(21)6-10(14(22)15(16)23)18(25)24-12-7-29-17(13(12)19(26)27)8-2-4-9(20)5-3-8/h2-7H,1H3,(H,24,25)(H,26,27). The Morgan fingerprint density at radius 2 is 1.72 bits per heavy atom. The summed E-state index contributed by atoms with van der Waals surface area (Å²) in [7, 11) is 1.59. The molecule has 29 heavy (non-hydrogen) atoms. The number of nitrogens with one attached hydrogen (secondary N) is 1. The third-order valence-corrected chi connectivity index (χ3v) is 9.66. The number of amides is 1. The average molecular weight is 857 g/mol. The minimum absolute atomic E-state index is 0.0949. The molecular weight excluding hydrogens is 846 g/mol. The quantitative estimate of drug-likeness (QED) is 0.219. The molecule has 0 saturated heterocycles. The molecule has 5 nitrogen and oxygen atoms in total. The van der Waals surface area contributed by atoms with Gasteiger partial charge in [-0.3, -0.25) is 4.79 Å². The number of carboxylic acid groups (broad SMARTS) is 1. The number of carboxylic acids is 1. The number of ether oxygens (including phenoxy) is 1. The van der Waals surface area contributed by atoms with E-state index in [0.717, 1.165) is 25.6 Å². The zero-order valence-corrected chi connectivity index (χ0v) is 24.0. The number of halogens is 4. The molecule has 2 aromatic carbocycles. The van der Waals surface area contributed by atoms with Gasteiger partial charge in [-0.25, -0.2) is 4.79 Å². The van der Waals surface area contributed by atoms with E-state index in [1.807, 2.05) is 24.3 Å². The van der Waals surface area contributed by atoms with Crippen LogP contribution in [0.5, 0.6) is 5.75 Å². The monoisotopic (exact) mass is 857 g/mol. The Labute approximate surface area is 225 Å². The van der Waals surface area contributed by atoms with Crippen molar-refractivity contribution in [1.29, 1.82) is 0 Å². The van der Waals surface area contributed by atoms with Crippen LogP contribution < -0.4 is 10.1 Å². The van der Waals surface area contributed by atoms with Crippen molar-refractivity contribution in [3.8, 4) is 16.2 Å². The van der Waals surface area contributed by atoms with Gasteiger partial charge in [-0.1, -0.05) is 12.1 Å². The third kappa shape index (κ3) is 5.01. The van der Waals surface area contributed by atoms with Crippen LogP contribution in [0.3, 0.4) is 0 Å². The number of carbonyl (C=O) groups is 2. The van der Waals surface area contributed by atoms with Crippen LogP contribution in [-0.4, -0.2) is 24.1 Å². The smallest absolute Gasteiger partial charge is 0.339 e. The highest BCUT2D eigenvalue weighted by molar-refractivity contribution is 14.1. The summed E-state index contributed by atoms with van der Waals surface area (Å²) in [6.07, 6.45) is 0. The number of thiophene rings is 1. The third-order valence-electron chi connectivity index (χ3n) is 3.92. The number of benzene rings is 2. The van der Waals surface area contributed by atoms with Crippen LogP contribution >= 0.6 is 102 Å². The van der Waals surface area contributed by atoms with E-state index in [-0.39, 0.29) is 17.2 Å². The predicted molar refractivity (Wildman–Crippen MR) is 149 cm³/mol. The maximum atomic E-state index is 13.0. The summed E-state index contributed by atoms with van der Waals surface area (Å²) in [6.45, 7) is 0. The van der Waals surface area contributed by atoms with Gasteiger partial charge in [0.05, 0.1) is 30.4 Å². The average Bonchev–Trinajstić information content (AvgIpc) is 3.09. The summed E-state index contributed by atoms with van der Waals surface area (Å²) < 4.78 is 8.85. The lowest BCUT2D eigenvalue weighted by Gasteiger charge is -2.13. The Hall–Kier alpha value is -0.200. The molecule has 1 amide bonds.